The van der Waals surface area contributed by atoms with E-state index in [9.17, 15) is 28.8 Å². The van der Waals surface area contributed by atoms with Crippen molar-refractivity contribution in [3.63, 3.8) is 0 Å². The van der Waals surface area contributed by atoms with Crippen LogP contribution in [0.5, 0.6) is 0 Å². The van der Waals surface area contributed by atoms with Crippen LogP contribution >= 0.6 is 0 Å². The first kappa shape index (κ1) is 62.3. The van der Waals surface area contributed by atoms with Crippen molar-refractivity contribution in [2.24, 2.45) is 0 Å². The summed E-state index contributed by atoms with van der Waals surface area (Å²) in [6, 6.07) is 0. The van der Waals surface area contributed by atoms with Crippen molar-refractivity contribution in [2.75, 3.05) is 59.5 Å². The molecule has 0 radical (unpaired) electrons. The molecule has 0 aliphatic carbocycles. The highest BCUT2D eigenvalue weighted by Crippen LogP contribution is 2.04. The molecule has 0 aromatic heterocycles. The quantitative estimate of drug-likeness (QED) is 0.0485. The van der Waals surface area contributed by atoms with Gasteiger partial charge in [-0.3, -0.25) is 0 Å². The first-order valence-electron chi connectivity index (χ1n) is 20.2. The molecule has 0 bridgehead atoms. The number of ether oxygens (including phenoxy) is 12. The highest BCUT2D eigenvalue weighted by Gasteiger charge is 2.15. The van der Waals surface area contributed by atoms with Crippen molar-refractivity contribution in [3.8, 4) is 0 Å². The van der Waals surface area contributed by atoms with Gasteiger partial charge in [-0.1, -0.05) is 39.5 Å². The molecule has 0 N–H and O–H groups in total. The monoisotopic (exact) mass is 900 g/mol. The van der Waals surface area contributed by atoms with E-state index in [0.717, 1.165) is 36.5 Å². The summed E-state index contributed by atoms with van der Waals surface area (Å²) in [5.74, 6) is -2.89. The Hall–Kier alpha value is -4.98. The second kappa shape index (κ2) is 39.8. The minimum Gasteiger partial charge on any atom is -0.460 e. The fourth-order valence-corrected chi connectivity index (χ4v) is 3.70. The van der Waals surface area contributed by atoms with Crippen LogP contribution in [0.4, 0.5) is 0 Å². The molecular weight excluding hydrogens is 828 g/mol. The van der Waals surface area contributed by atoms with Gasteiger partial charge in [-0.05, 0) is 62.3 Å². The fourth-order valence-electron chi connectivity index (χ4n) is 3.70. The second-order valence-electron chi connectivity index (χ2n) is 13.7. The van der Waals surface area contributed by atoms with Crippen LogP contribution in [-0.4, -0.2) is 150 Å². The highest BCUT2D eigenvalue weighted by atomic mass is 16.6. The number of carbonyl (C=O) groups is 6. The van der Waals surface area contributed by atoms with Crippen LogP contribution in [0.15, 0.2) is 75.9 Å². The Balaban J connectivity index is -0.000000873. The van der Waals surface area contributed by atoms with E-state index in [1.807, 2.05) is 20.8 Å². The molecule has 18 heteroatoms. The molecule has 360 valence electrons. The van der Waals surface area contributed by atoms with Crippen molar-refractivity contribution in [1.82, 2.24) is 0 Å². The molecule has 0 aromatic rings. The average Bonchev–Trinajstić information content (AvgIpc) is 3.27. The molecule has 0 saturated carbocycles. The van der Waals surface area contributed by atoms with Gasteiger partial charge in [0.15, 0.2) is 0 Å². The average molecular weight is 901 g/mol. The number of esters is 6. The molecule has 0 rings (SSSR count). The lowest BCUT2D eigenvalue weighted by Crippen LogP contribution is -2.28. The maximum Gasteiger partial charge on any atom is 0.330 e. The Bertz CT molecular complexity index is 1380. The second-order valence-corrected chi connectivity index (χ2v) is 13.7. The molecule has 0 aliphatic rings. The van der Waals surface area contributed by atoms with Crippen LogP contribution < -0.4 is 0 Å². The normalized spacial score (nSPS) is 14.6. The largest absolute Gasteiger partial charge is 0.460 e. The number of hydrogen-bond acceptors (Lipinski definition) is 18. The van der Waals surface area contributed by atoms with Crippen LogP contribution in [0.25, 0.3) is 0 Å². The van der Waals surface area contributed by atoms with E-state index >= 15 is 0 Å². The third-order valence-corrected chi connectivity index (χ3v) is 7.03. The number of carbonyl (C=O) groups excluding carboxylic acids is 6. The van der Waals surface area contributed by atoms with Gasteiger partial charge < -0.3 is 56.8 Å². The minimum atomic E-state index is -0.494. The molecule has 9 atom stereocenters. The summed E-state index contributed by atoms with van der Waals surface area (Å²) in [7, 11) is 0. The lowest BCUT2D eigenvalue weighted by Gasteiger charge is -2.21. The molecule has 0 saturated heterocycles. The van der Waals surface area contributed by atoms with E-state index in [0.29, 0.717) is 19.8 Å². The third kappa shape index (κ3) is 42.1. The van der Waals surface area contributed by atoms with E-state index in [-0.39, 0.29) is 94.6 Å². The maximum atomic E-state index is 11.0. The van der Waals surface area contributed by atoms with Crippen molar-refractivity contribution < 1.29 is 85.6 Å². The van der Waals surface area contributed by atoms with Crippen molar-refractivity contribution >= 4 is 35.8 Å². The summed E-state index contributed by atoms with van der Waals surface area (Å²) < 4.78 is 62.4. The summed E-state index contributed by atoms with van der Waals surface area (Å²) in [5, 5.41) is 0. The van der Waals surface area contributed by atoms with E-state index in [2.05, 4.69) is 39.5 Å². The number of rotatable bonds is 33. The summed E-state index contributed by atoms with van der Waals surface area (Å²) in [6.07, 6.45) is 4.30. The standard InChI is InChI=1S/C18H30O7.C15H24O6.C12H18O5/c1-7-17(19)24-11-15(5)22-9-13(3)21-10-14(4)23-12-16(6)25-18(20)8-2;1-6-14(16)20-9-12(4)18-8-11(3)19-10-13(5)21-15(17)7-2;1-5-11(13)16-7-9(3)15-8-10(4)17-12(14)6-2/h7-8,13-16H,1-2,9-12H2,3-6H3;6-7,11-13H,1-2,8-10H2,3-5H3;5-6,9-10H,1-2,7-8H2,3-4H3. The first-order chi connectivity index (χ1) is 29.7. The molecular formula is C45H72O18. The Morgan fingerprint density at radius 3 is 0.619 bits per heavy atom. The summed E-state index contributed by atoms with van der Waals surface area (Å²) in [6.45, 7) is 38.3. The molecule has 0 aliphatic heterocycles. The SMILES string of the molecule is C=CC(=O)OCC(C)OCC(C)OC(=O)C=C.C=CC(=O)OCC(C)OCC(C)OCC(C)OC(=O)C=C.C=CC(=O)OCC(C)OCC(C)OCC(C)OCC(C)OC(=O)C=C. The molecule has 0 fully saturated rings. The van der Waals surface area contributed by atoms with Crippen molar-refractivity contribution in [3.05, 3.63) is 75.9 Å². The van der Waals surface area contributed by atoms with Gasteiger partial charge >= 0.3 is 35.8 Å². The molecule has 9 unspecified atom stereocenters. The van der Waals surface area contributed by atoms with Gasteiger partial charge in [-0.15, -0.1) is 0 Å². The molecule has 0 heterocycles. The predicted molar refractivity (Wildman–Crippen MR) is 233 cm³/mol. The molecule has 0 aromatic carbocycles. The highest BCUT2D eigenvalue weighted by molar-refractivity contribution is 5.83. The summed E-state index contributed by atoms with van der Waals surface area (Å²) >= 11 is 0. The Morgan fingerprint density at radius 2 is 0.444 bits per heavy atom. The van der Waals surface area contributed by atoms with E-state index in [1.165, 1.54) is 0 Å². The lowest BCUT2D eigenvalue weighted by atomic mass is 10.3. The van der Waals surface area contributed by atoms with Gasteiger partial charge in [0.05, 0.1) is 76.3 Å². The summed E-state index contributed by atoms with van der Waals surface area (Å²) in [5.41, 5.74) is 0. The molecule has 63 heavy (non-hydrogen) atoms. The van der Waals surface area contributed by atoms with E-state index in [1.54, 1.807) is 41.5 Å². The lowest BCUT2D eigenvalue weighted by molar-refractivity contribution is -0.149. The van der Waals surface area contributed by atoms with Crippen molar-refractivity contribution in [2.45, 2.75) is 117 Å². The van der Waals surface area contributed by atoms with Crippen LogP contribution in [0, 0.1) is 0 Å². The molecule has 0 amide bonds. The summed E-state index contributed by atoms with van der Waals surface area (Å²) in [4.78, 5) is 65.4. The predicted octanol–water partition coefficient (Wildman–Crippen LogP) is 4.93. The Kier molecular flexibility index (Phi) is 39.4. The Morgan fingerprint density at radius 1 is 0.286 bits per heavy atom. The first-order valence-corrected chi connectivity index (χ1v) is 20.2. The zero-order valence-corrected chi connectivity index (χ0v) is 38.6. The topological polar surface area (TPSA) is 213 Å². The minimum absolute atomic E-state index is 0.132. The fraction of sp³-hybridized carbons (Fsp3) is 0.600. The van der Waals surface area contributed by atoms with Crippen LogP contribution in [0.3, 0.4) is 0 Å². The van der Waals surface area contributed by atoms with Gasteiger partial charge in [-0.25, -0.2) is 28.8 Å². The van der Waals surface area contributed by atoms with Gasteiger partial charge in [0.25, 0.3) is 0 Å². The van der Waals surface area contributed by atoms with Gasteiger partial charge in [0.1, 0.15) is 38.1 Å². The van der Waals surface area contributed by atoms with Crippen LogP contribution in [-0.2, 0) is 85.6 Å². The molecule has 18 nitrogen and oxygen atoms in total. The van der Waals surface area contributed by atoms with Gasteiger partial charge in [0, 0.05) is 36.5 Å². The van der Waals surface area contributed by atoms with E-state index in [4.69, 9.17) is 56.8 Å². The van der Waals surface area contributed by atoms with Crippen molar-refractivity contribution in [1.29, 1.82) is 0 Å². The van der Waals surface area contributed by atoms with E-state index < -0.39 is 35.8 Å². The Labute approximate surface area is 373 Å². The van der Waals surface area contributed by atoms with Crippen LogP contribution in [0.1, 0.15) is 62.3 Å². The third-order valence-electron chi connectivity index (χ3n) is 7.03. The maximum absolute atomic E-state index is 11.0. The smallest absolute Gasteiger partial charge is 0.330 e. The molecule has 0 spiro atoms. The number of hydrogen-bond donors (Lipinski definition) is 0. The zero-order valence-electron chi connectivity index (χ0n) is 38.6. The van der Waals surface area contributed by atoms with Gasteiger partial charge in [0.2, 0.25) is 0 Å². The van der Waals surface area contributed by atoms with Gasteiger partial charge in [-0.2, -0.15) is 0 Å². The zero-order chi connectivity index (χ0) is 48.8. The van der Waals surface area contributed by atoms with Crippen LogP contribution in [0.2, 0.25) is 0 Å².